The molecule has 244 valence electrons. The Morgan fingerprint density at radius 1 is 0.423 bits per heavy atom. The summed E-state index contributed by atoms with van der Waals surface area (Å²) >= 11 is 0. The van der Waals surface area contributed by atoms with Crippen LogP contribution in [0, 0.1) is 0 Å². The van der Waals surface area contributed by atoms with E-state index in [2.05, 4.69) is 0 Å². The van der Waals surface area contributed by atoms with Crippen LogP contribution in [0.3, 0.4) is 0 Å². The smallest absolute Gasteiger partial charge is 0.143 e. The van der Waals surface area contributed by atoms with Crippen molar-refractivity contribution in [2.24, 2.45) is 0 Å². The molecule has 0 saturated carbocycles. The van der Waals surface area contributed by atoms with Crippen molar-refractivity contribution < 1.29 is 40.1 Å². The number of benzene rings is 9. The molecule has 0 amide bonds. The molecule has 0 aliphatic heterocycles. The Morgan fingerprint density at radius 2 is 1.00 bits per heavy atom. The van der Waals surface area contributed by atoms with E-state index in [-0.39, 0.29) is 21.9 Å². The van der Waals surface area contributed by atoms with Crippen molar-refractivity contribution in [2.75, 3.05) is 4.90 Å². The SMILES string of the molecule is [2H]c1c([2H])c([2H])c(-c2c([2H])c([2H])c(N(c3c([2H])c([2H])c(-c4c([2H])c([2H])c([2H])c([2H])c4[2H])c([2H])c3[2H])c3c([2H])c([2H])c([2H])c4oc5c6c([2H])c([2H])c([2H])c([2H])c6c(-c6cccc7ccccc67)c([2H])c5c34)c([2H])c2[2H])c([2H])c1[2H]. The molecule has 0 bridgehead atoms. The van der Waals surface area contributed by atoms with Crippen molar-refractivity contribution in [3.8, 4) is 33.4 Å². The van der Waals surface area contributed by atoms with Gasteiger partial charge in [-0.3, -0.25) is 0 Å². The molecule has 0 unspecified atom stereocenters. The quantitative estimate of drug-likeness (QED) is 0.173. The molecule has 9 aromatic carbocycles. The van der Waals surface area contributed by atoms with Crippen LogP contribution in [0.1, 0.15) is 35.6 Å². The monoisotopic (exact) mass is 689 g/mol. The van der Waals surface area contributed by atoms with Gasteiger partial charge in [-0.15, -0.1) is 0 Å². The summed E-state index contributed by atoms with van der Waals surface area (Å²) in [6, 6.07) is -12.9. The van der Waals surface area contributed by atoms with Crippen LogP contribution in [0.15, 0.2) is 204 Å². The van der Waals surface area contributed by atoms with Gasteiger partial charge in [-0.25, -0.2) is 0 Å². The lowest BCUT2D eigenvalue weighted by Crippen LogP contribution is -2.10. The Morgan fingerprint density at radius 3 is 1.67 bits per heavy atom. The number of hydrogen-bond donors (Lipinski definition) is 0. The van der Waals surface area contributed by atoms with Crippen molar-refractivity contribution in [1.82, 2.24) is 0 Å². The van der Waals surface area contributed by atoms with E-state index < -0.39 is 218 Å². The largest absolute Gasteiger partial charge is 0.455 e. The van der Waals surface area contributed by atoms with Gasteiger partial charge >= 0.3 is 0 Å². The van der Waals surface area contributed by atoms with Crippen molar-refractivity contribution in [3.05, 3.63) is 200 Å². The first-order valence-corrected chi connectivity index (χ1v) is 15.7. The second kappa shape index (κ2) is 12.5. The molecule has 0 aliphatic carbocycles. The van der Waals surface area contributed by atoms with Gasteiger partial charge in [-0.2, -0.15) is 0 Å². The molecule has 2 nitrogen and oxygen atoms in total. The number of nitrogens with zero attached hydrogens (tertiary/aromatic N) is 1. The fraction of sp³-hybridized carbons (Fsp3) is 0. The lowest BCUT2D eigenvalue weighted by atomic mass is 9.92. The predicted octanol–water partition coefficient (Wildman–Crippen LogP) is 14.4. The van der Waals surface area contributed by atoms with Crippen LogP contribution in [0.25, 0.3) is 76.9 Å². The molecule has 10 aromatic rings. The van der Waals surface area contributed by atoms with Gasteiger partial charge < -0.3 is 9.32 Å². The molecular weight excluding hydrogens is 631 g/mol. The van der Waals surface area contributed by atoms with Gasteiger partial charge in [0.25, 0.3) is 0 Å². The molecule has 2 heteroatoms. The molecule has 1 heterocycles. The molecule has 1 aromatic heterocycles. The van der Waals surface area contributed by atoms with Crippen molar-refractivity contribution in [3.63, 3.8) is 0 Å². The van der Waals surface area contributed by atoms with Gasteiger partial charge in [0.2, 0.25) is 0 Å². The van der Waals surface area contributed by atoms with Crippen LogP contribution in [0.2, 0.25) is 0 Å². The number of furan rings is 1. The third-order valence-corrected chi connectivity index (χ3v) is 8.37. The highest BCUT2D eigenvalue weighted by Crippen LogP contribution is 2.47. The Labute approximate surface area is 339 Å². The molecule has 0 fully saturated rings. The fourth-order valence-electron chi connectivity index (χ4n) is 6.09. The van der Waals surface area contributed by atoms with Crippen LogP contribution in [-0.2, 0) is 0 Å². The van der Waals surface area contributed by atoms with Crippen molar-refractivity contribution in [1.29, 1.82) is 0 Å². The first-order chi connectivity index (χ1) is 36.6. The number of rotatable bonds is 6. The standard InChI is InChI=1S/C50H33NO/c1-3-13-34(14-4-1)36-25-29-39(30-26-36)51(40-31-27-37(28-32-40)35-15-5-2-6-16-35)47-23-12-24-48-49(47)46-33-45(43-20-9-10-21-44(43)50(46)52-48)42-22-11-18-38-17-7-8-19-41(38)42/h1-33H/i1D,2D,3D,4D,5D,6D,9D,10D,12D,13D,14D,15D,16D,20D,21D,23D,24D,25D,26D,27D,28D,29D,30D,31D,32D,33D. The summed E-state index contributed by atoms with van der Waals surface area (Å²) in [5.41, 5.74) is -7.36. The number of anilines is 3. The Kier molecular flexibility index (Phi) is 3.27. The summed E-state index contributed by atoms with van der Waals surface area (Å²) in [7, 11) is 0. The first-order valence-electron chi connectivity index (χ1n) is 28.7. The zero-order chi connectivity index (χ0) is 57.1. The van der Waals surface area contributed by atoms with Crippen LogP contribution in [0.4, 0.5) is 17.1 Å². The van der Waals surface area contributed by atoms with Crippen LogP contribution >= 0.6 is 0 Å². The maximum absolute atomic E-state index is 10.2. The van der Waals surface area contributed by atoms with Crippen LogP contribution in [0.5, 0.6) is 0 Å². The summed E-state index contributed by atoms with van der Waals surface area (Å²) < 4.78 is 241. The lowest BCUT2D eigenvalue weighted by Gasteiger charge is -2.26. The van der Waals surface area contributed by atoms with E-state index in [1.165, 1.54) is 0 Å². The Hall–Kier alpha value is -6.90. The maximum Gasteiger partial charge on any atom is 0.143 e. The molecule has 10 rings (SSSR count). The second-order valence-corrected chi connectivity index (χ2v) is 11.3. The van der Waals surface area contributed by atoms with Gasteiger partial charge in [-0.05, 0) is 91.8 Å². The minimum Gasteiger partial charge on any atom is -0.455 e. The molecule has 0 atom stereocenters. The van der Waals surface area contributed by atoms with E-state index in [0.717, 1.165) is 0 Å². The summed E-state index contributed by atoms with van der Waals surface area (Å²) in [4.78, 5) is 0.512. The first kappa shape index (κ1) is 13.7. The van der Waals surface area contributed by atoms with Gasteiger partial charge in [0.1, 0.15) is 11.2 Å². The highest BCUT2D eigenvalue weighted by molar-refractivity contribution is 6.23. The molecule has 0 radical (unpaired) electrons. The van der Waals surface area contributed by atoms with E-state index in [4.69, 9.17) is 20.9 Å². The topological polar surface area (TPSA) is 16.4 Å². The highest BCUT2D eigenvalue weighted by Gasteiger charge is 2.22. The number of hydrogen-bond acceptors (Lipinski definition) is 2. The molecular formula is C50H33NO. The zero-order valence-electron chi connectivity index (χ0n) is 52.4. The minimum atomic E-state index is -1.19. The zero-order valence-corrected chi connectivity index (χ0v) is 26.4. The second-order valence-electron chi connectivity index (χ2n) is 11.3. The third kappa shape index (κ3) is 5.04. The highest BCUT2D eigenvalue weighted by atomic mass is 16.3. The Balaban J connectivity index is 1.47. The summed E-state index contributed by atoms with van der Waals surface area (Å²) in [6.45, 7) is 0. The van der Waals surface area contributed by atoms with Crippen molar-refractivity contribution in [2.45, 2.75) is 0 Å². The number of fused-ring (bicyclic) bond motifs is 6. The predicted molar refractivity (Wildman–Crippen MR) is 220 cm³/mol. The van der Waals surface area contributed by atoms with E-state index in [0.29, 0.717) is 15.7 Å². The average Bonchev–Trinajstić information content (AvgIpc) is 3.75. The molecule has 0 aliphatic rings. The minimum absolute atomic E-state index is 0.144. The lowest BCUT2D eigenvalue weighted by molar-refractivity contribution is 0.672. The summed E-state index contributed by atoms with van der Waals surface area (Å²) in [5.74, 6) is 0. The van der Waals surface area contributed by atoms with Crippen LogP contribution in [-0.4, -0.2) is 0 Å². The Bertz CT molecular complexity index is 4160. The van der Waals surface area contributed by atoms with E-state index in [1.54, 1.807) is 42.5 Å². The van der Waals surface area contributed by atoms with Crippen molar-refractivity contribution >= 4 is 60.5 Å². The summed E-state index contributed by atoms with van der Waals surface area (Å²) in [6.07, 6.45) is 0. The normalized spacial score (nSPS) is 18.5. The molecule has 52 heavy (non-hydrogen) atoms. The third-order valence-electron chi connectivity index (χ3n) is 8.37. The van der Waals surface area contributed by atoms with Gasteiger partial charge in [0.15, 0.2) is 0 Å². The van der Waals surface area contributed by atoms with Gasteiger partial charge in [-0.1, -0.05) is 157 Å². The average molecular weight is 690 g/mol. The van der Waals surface area contributed by atoms with E-state index >= 15 is 0 Å². The maximum atomic E-state index is 10.2. The molecule has 0 saturated heterocycles. The fourth-order valence-corrected chi connectivity index (χ4v) is 6.09. The van der Waals surface area contributed by atoms with E-state index in [9.17, 15) is 19.2 Å². The molecule has 0 N–H and O–H groups in total. The van der Waals surface area contributed by atoms with Gasteiger partial charge in [0.05, 0.1) is 46.7 Å². The van der Waals surface area contributed by atoms with Gasteiger partial charge in [0, 0.05) is 22.1 Å². The van der Waals surface area contributed by atoms with Crippen LogP contribution < -0.4 is 4.90 Å². The summed E-state index contributed by atoms with van der Waals surface area (Å²) in [5, 5.41) is -0.529. The molecule has 0 spiro atoms. The van der Waals surface area contributed by atoms with E-state index in [1.807, 2.05) is 0 Å².